The van der Waals surface area contributed by atoms with Crippen LogP contribution in [0.4, 0.5) is 9.52 Å². The van der Waals surface area contributed by atoms with Gasteiger partial charge in [-0.15, -0.1) is 0 Å². The van der Waals surface area contributed by atoms with E-state index in [1.807, 2.05) is 12.1 Å². The smallest absolute Gasteiger partial charge is 0.257 e. The molecule has 126 valence electrons. The Bertz CT molecular complexity index is 903. The van der Waals surface area contributed by atoms with Gasteiger partial charge in [-0.2, -0.15) is 9.36 Å². The maximum absolute atomic E-state index is 13.0. The molecule has 0 radical (unpaired) electrons. The number of anilines is 1. The van der Waals surface area contributed by atoms with E-state index in [0.29, 0.717) is 28.0 Å². The molecule has 1 aliphatic carbocycles. The summed E-state index contributed by atoms with van der Waals surface area (Å²) in [6, 6.07) is 13.7. The van der Waals surface area contributed by atoms with Crippen LogP contribution < -0.4 is 5.32 Å². The molecule has 1 N–H and O–H groups in total. The van der Waals surface area contributed by atoms with Crippen molar-refractivity contribution >= 4 is 22.6 Å². The molecule has 25 heavy (non-hydrogen) atoms. The molecule has 1 heterocycles. The van der Waals surface area contributed by atoms with Crippen molar-refractivity contribution in [2.24, 2.45) is 0 Å². The molecule has 4 nitrogen and oxygen atoms in total. The van der Waals surface area contributed by atoms with Gasteiger partial charge >= 0.3 is 0 Å². The number of amides is 1. The van der Waals surface area contributed by atoms with Gasteiger partial charge in [0.1, 0.15) is 5.82 Å². The number of halogens is 1. The predicted octanol–water partition coefficient (Wildman–Crippen LogP) is 4.86. The Labute approximate surface area is 148 Å². The molecule has 2 aromatic carbocycles. The number of hydrogen-bond acceptors (Lipinski definition) is 4. The van der Waals surface area contributed by atoms with Gasteiger partial charge in [0.2, 0.25) is 5.13 Å². The van der Waals surface area contributed by atoms with Crippen molar-refractivity contribution in [1.29, 1.82) is 0 Å². The highest BCUT2D eigenvalue weighted by Crippen LogP contribution is 2.36. The first kappa shape index (κ1) is 15.9. The zero-order valence-corrected chi connectivity index (χ0v) is 14.2. The topological polar surface area (TPSA) is 54.9 Å². The molecular formula is C19H16FN3OS. The molecule has 1 aliphatic rings. The van der Waals surface area contributed by atoms with Crippen LogP contribution in [0.2, 0.25) is 0 Å². The molecule has 0 aliphatic heterocycles. The van der Waals surface area contributed by atoms with Crippen LogP contribution in [0, 0.1) is 5.82 Å². The Morgan fingerprint density at radius 3 is 2.68 bits per heavy atom. The van der Waals surface area contributed by atoms with E-state index in [9.17, 15) is 9.18 Å². The second kappa shape index (κ2) is 6.72. The fourth-order valence-electron chi connectivity index (χ4n) is 2.84. The van der Waals surface area contributed by atoms with Crippen molar-refractivity contribution in [2.45, 2.75) is 25.2 Å². The fourth-order valence-corrected chi connectivity index (χ4v) is 3.42. The van der Waals surface area contributed by atoms with Crippen LogP contribution in [-0.4, -0.2) is 15.3 Å². The number of carbonyl (C=O) groups is 1. The van der Waals surface area contributed by atoms with Gasteiger partial charge in [-0.25, -0.2) is 4.39 Å². The molecule has 1 amide bonds. The second-order valence-corrected chi connectivity index (χ2v) is 6.89. The van der Waals surface area contributed by atoms with Crippen molar-refractivity contribution in [3.63, 3.8) is 0 Å². The van der Waals surface area contributed by atoms with E-state index in [1.54, 1.807) is 18.2 Å². The number of benzene rings is 2. The lowest BCUT2D eigenvalue weighted by atomic mass is 9.80. The maximum Gasteiger partial charge on any atom is 0.257 e. The normalized spacial score (nSPS) is 14.1. The summed E-state index contributed by atoms with van der Waals surface area (Å²) in [6.07, 6.45) is 3.66. The molecule has 0 atom stereocenters. The first-order valence-corrected chi connectivity index (χ1v) is 8.97. The average molecular weight is 353 g/mol. The summed E-state index contributed by atoms with van der Waals surface area (Å²) in [7, 11) is 0. The monoisotopic (exact) mass is 353 g/mol. The van der Waals surface area contributed by atoms with E-state index in [0.717, 1.165) is 11.5 Å². The minimum atomic E-state index is -0.307. The molecule has 0 saturated heterocycles. The number of nitrogens with zero attached hydrogens (tertiary/aromatic N) is 2. The zero-order valence-electron chi connectivity index (χ0n) is 13.4. The summed E-state index contributed by atoms with van der Waals surface area (Å²) >= 11 is 1.11. The Morgan fingerprint density at radius 2 is 1.96 bits per heavy atom. The molecule has 0 spiro atoms. The van der Waals surface area contributed by atoms with E-state index < -0.39 is 0 Å². The Kier molecular flexibility index (Phi) is 4.28. The first-order chi connectivity index (χ1) is 12.2. The van der Waals surface area contributed by atoms with Crippen molar-refractivity contribution in [3.8, 4) is 11.4 Å². The average Bonchev–Trinajstić information content (AvgIpc) is 3.03. The molecule has 1 saturated carbocycles. The van der Waals surface area contributed by atoms with Gasteiger partial charge in [0.25, 0.3) is 5.91 Å². The van der Waals surface area contributed by atoms with Crippen LogP contribution in [0.5, 0.6) is 0 Å². The van der Waals surface area contributed by atoms with Crippen LogP contribution in [0.1, 0.15) is 41.1 Å². The largest absolute Gasteiger partial charge is 0.297 e. The van der Waals surface area contributed by atoms with Crippen LogP contribution in [-0.2, 0) is 0 Å². The maximum atomic E-state index is 13.0. The summed E-state index contributed by atoms with van der Waals surface area (Å²) in [5.74, 6) is 0.560. The summed E-state index contributed by atoms with van der Waals surface area (Å²) < 4.78 is 17.2. The van der Waals surface area contributed by atoms with Crippen LogP contribution in [0.15, 0.2) is 48.5 Å². The third kappa shape index (κ3) is 3.44. The predicted molar refractivity (Wildman–Crippen MR) is 96.3 cm³/mol. The molecule has 1 aromatic heterocycles. The molecule has 0 bridgehead atoms. The summed E-state index contributed by atoms with van der Waals surface area (Å²) in [4.78, 5) is 16.8. The van der Waals surface area contributed by atoms with Crippen LogP contribution in [0.25, 0.3) is 11.4 Å². The van der Waals surface area contributed by atoms with Gasteiger partial charge in [0.05, 0.1) is 0 Å². The van der Waals surface area contributed by atoms with Gasteiger partial charge in [-0.05, 0) is 60.7 Å². The van der Waals surface area contributed by atoms with Crippen LogP contribution >= 0.6 is 11.5 Å². The van der Waals surface area contributed by atoms with E-state index >= 15 is 0 Å². The third-order valence-electron chi connectivity index (χ3n) is 4.47. The van der Waals surface area contributed by atoms with Gasteiger partial charge in [-0.1, -0.05) is 18.6 Å². The van der Waals surface area contributed by atoms with Crippen molar-refractivity contribution in [3.05, 3.63) is 65.5 Å². The highest BCUT2D eigenvalue weighted by atomic mass is 32.1. The second-order valence-electron chi connectivity index (χ2n) is 6.14. The Hall–Kier alpha value is -2.60. The molecule has 4 rings (SSSR count). The SMILES string of the molecule is O=C(Nc1nc(-c2ccc(F)cc2)ns1)c1cccc(C2CCC2)c1. The van der Waals surface area contributed by atoms with Gasteiger partial charge in [-0.3, -0.25) is 10.1 Å². The number of aromatic nitrogens is 2. The lowest BCUT2D eigenvalue weighted by molar-refractivity contribution is 0.102. The highest BCUT2D eigenvalue weighted by Gasteiger charge is 2.20. The minimum absolute atomic E-state index is 0.192. The summed E-state index contributed by atoms with van der Waals surface area (Å²) in [5, 5.41) is 3.22. The van der Waals surface area contributed by atoms with Crippen molar-refractivity contribution in [2.75, 3.05) is 5.32 Å². The molecule has 0 unspecified atom stereocenters. The standard InChI is InChI=1S/C19H16FN3OS/c20-16-9-7-13(8-10-16)17-21-19(25-23-17)22-18(24)15-6-2-5-14(11-15)12-3-1-4-12/h2,5-12H,1,3-4H2,(H,21,22,23,24). The first-order valence-electron chi connectivity index (χ1n) is 8.20. The Balaban J connectivity index is 1.48. The minimum Gasteiger partial charge on any atom is -0.297 e. The number of rotatable bonds is 4. The zero-order chi connectivity index (χ0) is 17.2. The molecule has 6 heteroatoms. The van der Waals surface area contributed by atoms with E-state index in [1.165, 1.54) is 37.0 Å². The van der Waals surface area contributed by atoms with Gasteiger partial charge in [0.15, 0.2) is 5.82 Å². The summed E-state index contributed by atoms with van der Waals surface area (Å²) in [6.45, 7) is 0. The summed E-state index contributed by atoms with van der Waals surface area (Å²) in [5.41, 5.74) is 2.57. The Morgan fingerprint density at radius 1 is 1.16 bits per heavy atom. The van der Waals surface area contributed by atoms with Gasteiger partial charge in [0, 0.05) is 22.7 Å². The van der Waals surface area contributed by atoms with E-state index in [-0.39, 0.29) is 11.7 Å². The van der Waals surface area contributed by atoms with E-state index in [2.05, 4.69) is 20.7 Å². The van der Waals surface area contributed by atoms with Gasteiger partial charge < -0.3 is 0 Å². The third-order valence-corrected chi connectivity index (χ3v) is 5.10. The van der Waals surface area contributed by atoms with Crippen molar-refractivity contribution < 1.29 is 9.18 Å². The number of nitrogens with one attached hydrogen (secondary N) is 1. The lowest BCUT2D eigenvalue weighted by Gasteiger charge is -2.26. The molecule has 1 fully saturated rings. The highest BCUT2D eigenvalue weighted by molar-refractivity contribution is 7.10. The lowest BCUT2D eigenvalue weighted by Crippen LogP contribution is -2.14. The number of carbonyl (C=O) groups excluding carboxylic acids is 1. The number of hydrogen-bond donors (Lipinski definition) is 1. The van der Waals surface area contributed by atoms with E-state index in [4.69, 9.17) is 0 Å². The molecule has 3 aromatic rings. The van der Waals surface area contributed by atoms with Crippen LogP contribution in [0.3, 0.4) is 0 Å². The molecular weight excluding hydrogens is 337 g/mol. The quantitative estimate of drug-likeness (QED) is 0.728. The fraction of sp³-hybridized carbons (Fsp3) is 0.211. The van der Waals surface area contributed by atoms with Crippen molar-refractivity contribution in [1.82, 2.24) is 9.36 Å².